The first-order chi connectivity index (χ1) is 9.67. The van der Waals surface area contributed by atoms with Gasteiger partial charge in [0.15, 0.2) is 0 Å². The van der Waals surface area contributed by atoms with Crippen LogP contribution >= 0.6 is 0 Å². The number of rotatable bonds is 1. The predicted molar refractivity (Wildman–Crippen MR) is 84.7 cm³/mol. The lowest BCUT2D eigenvalue weighted by Gasteiger charge is -2.33. The van der Waals surface area contributed by atoms with E-state index in [-0.39, 0.29) is 6.09 Å². The van der Waals surface area contributed by atoms with Gasteiger partial charge >= 0.3 is 6.09 Å². The third-order valence-electron chi connectivity index (χ3n) is 4.26. The van der Waals surface area contributed by atoms with E-state index >= 15 is 0 Å². The number of amidine groups is 1. The van der Waals surface area contributed by atoms with E-state index in [2.05, 4.69) is 24.2 Å². The second kappa shape index (κ2) is 5.85. The highest BCUT2D eigenvalue weighted by atomic mass is 16.6. The van der Waals surface area contributed by atoms with E-state index in [4.69, 9.17) is 4.74 Å². The van der Waals surface area contributed by atoms with E-state index in [1.54, 1.807) is 4.90 Å². The molecule has 0 aromatic rings. The number of hydrogen-bond donors (Lipinski definition) is 1. The smallest absolute Gasteiger partial charge is 0.410 e. The molecule has 2 aliphatic rings. The number of ether oxygens (including phenoxy) is 1. The maximum absolute atomic E-state index is 12.1. The van der Waals surface area contributed by atoms with Crippen molar-refractivity contribution in [1.82, 2.24) is 10.2 Å². The quantitative estimate of drug-likeness (QED) is 0.809. The van der Waals surface area contributed by atoms with Crippen LogP contribution in [0.15, 0.2) is 4.99 Å². The summed E-state index contributed by atoms with van der Waals surface area (Å²) in [5.74, 6) is 0.923. The average Bonchev–Trinajstić information content (AvgIpc) is 2.67. The van der Waals surface area contributed by atoms with Gasteiger partial charge in [-0.2, -0.15) is 0 Å². The van der Waals surface area contributed by atoms with Gasteiger partial charge in [-0.1, -0.05) is 20.3 Å². The first-order valence-corrected chi connectivity index (χ1v) is 7.95. The molecular weight excluding hydrogens is 266 g/mol. The van der Waals surface area contributed by atoms with Gasteiger partial charge < -0.3 is 10.1 Å². The molecule has 1 aliphatic carbocycles. The van der Waals surface area contributed by atoms with Crippen LogP contribution in [-0.2, 0) is 4.74 Å². The first kappa shape index (κ1) is 16.1. The molecule has 0 aromatic carbocycles. The second-order valence-electron chi connectivity index (χ2n) is 7.81. The van der Waals surface area contributed by atoms with Gasteiger partial charge in [0.2, 0.25) is 0 Å². The number of carbonyl (C=O) groups is 1. The van der Waals surface area contributed by atoms with E-state index in [0.717, 1.165) is 5.84 Å². The fraction of sp³-hybridized carbons (Fsp3) is 0.875. The van der Waals surface area contributed by atoms with Gasteiger partial charge in [-0.15, -0.1) is 0 Å². The van der Waals surface area contributed by atoms with Gasteiger partial charge in [-0.05, 0) is 39.0 Å². The van der Waals surface area contributed by atoms with Crippen molar-refractivity contribution >= 4 is 11.9 Å². The molecule has 1 amide bonds. The lowest BCUT2D eigenvalue weighted by atomic mass is 9.87. The number of aliphatic imine (C=N–C) groups is 1. The van der Waals surface area contributed by atoms with Gasteiger partial charge in [0.05, 0.1) is 13.1 Å². The van der Waals surface area contributed by atoms with E-state index < -0.39 is 5.60 Å². The Bertz CT molecular complexity index is 424. The molecule has 1 fully saturated rings. The Labute approximate surface area is 128 Å². The van der Waals surface area contributed by atoms with Crippen LogP contribution < -0.4 is 5.32 Å². The highest BCUT2D eigenvalue weighted by Crippen LogP contribution is 2.37. The van der Waals surface area contributed by atoms with Crippen molar-refractivity contribution in [3.8, 4) is 0 Å². The first-order valence-electron chi connectivity index (χ1n) is 7.95. The summed E-state index contributed by atoms with van der Waals surface area (Å²) in [6.07, 6.45) is 3.43. The Balaban J connectivity index is 1.92. The third-order valence-corrected chi connectivity index (χ3v) is 4.26. The Morgan fingerprint density at radius 1 is 1.43 bits per heavy atom. The van der Waals surface area contributed by atoms with Crippen molar-refractivity contribution < 1.29 is 9.53 Å². The Kier molecular flexibility index (Phi) is 4.49. The van der Waals surface area contributed by atoms with Crippen molar-refractivity contribution in [3.63, 3.8) is 0 Å². The molecule has 0 bridgehead atoms. The monoisotopic (exact) mass is 295 g/mol. The Morgan fingerprint density at radius 2 is 2.14 bits per heavy atom. The second-order valence-corrected chi connectivity index (χ2v) is 7.81. The van der Waals surface area contributed by atoms with Crippen LogP contribution in [0.3, 0.4) is 0 Å². The lowest BCUT2D eigenvalue weighted by Crippen LogP contribution is -2.51. The molecule has 0 radical (unpaired) electrons. The molecule has 0 saturated heterocycles. The van der Waals surface area contributed by atoms with Crippen LogP contribution in [0.2, 0.25) is 0 Å². The van der Waals surface area contributed by atoms with Gasteiger partial charge in [0, 0.05) is 12.6 Å². The van der Waals surface area contributed by atoms with Gasteiger partial charge in [-0.25, -0.2) is 4.79 Å². The Morgan fingerprint density at radius 3 is 2.71 bits per heavy atom. The van der Waals surface area contributed by atoms with Crippen LogP contribution in [-0.4, -0.2) is 48.1 Å². The summed E-state index contributed by atoms with van der Waals surface area (Å²) in [7, 11) is 0. The molecule has 1 heterocycles. The summed E-state index contributed by atoms with van der Waals surface area (Å²) >= 11 is 0. The summed E-state index contributed by atoms with van der Waals surface area (Å²) in [4.78, 5) is 18.4. The topological polar surface area (TPSA) is 53.9 Å². The molecule has 0 aromatic heterocycles. The molecule has 5 nitrogen and oxygen atoms in total. The van der Waals surface area contributed by atoms with Crippen molar-refractivity contribution in [3.05, 3.63) is 0 Å². The molecule has 2 rings (SSSR count). The van der Waals surface area contributed by atoms with Crippen molar-refractivity contribution in [2.45, 2.75) is 65.5 Å². The number of hydrogen-bond acceptors (Lipinski definition) is 4. The predicted octanol–water partition coefficient (Wildman–Crippen LogP) is 2.80. The fourth-order valence-electron chi connectivity index (χ4n) is 2.98. The Hall–Kier alpha value is -1.26. The molecule has 120 valence electrons. The SMILES string of the molecule is CC(C)(C)OC(=O)N1CCN=C(NC2CCCC2(C)C)C1. The average molecular weight is 295 g/mol. The molecule has 0 spiro atoms. The van der Waals surface area contributed by atoms with Crippen LogP contribution in [0.1, 0.15) is 53.9 Å². The third kappa shape index (κ3) is 4.35. The van der Waals surface area contributed by atoms with E-state index in [1.165, 1.54) is 19.3 Å². The number of nitrogens with zero attached hydrogens (tertiary/aromatic N) is 2. The molecule has 1 aliphatic heterocycles. The van der Waals surface area contributed by atoms with Crippen LogP contribution in [0.25, 0.3) is 0 Å². The van der Waals surface area contributed by atoms with Crippen LogP contribution in [0.5, 0.6) is 0 Å². The minimum Gasteiger partial charge on any atom is -0.444 e. The zero-order chi connectivity index (χ0) is 15.7. The zero-order valence-electron chi connectivity index (χ0n) is 14.0. The maximum atomic E-state index is 12.1. The van der Waals surface area contributed by atoms with E-state index in [9.17, 15) is 4.79 Å². The number of carbonyl (C=O) groups excluding carboxylic acids is 1. The summed E-state index contributed by atoms with van der Waals surface area (Å²) in [5.41, 5.74) is -0.149. The fourth-order valence-corrected chi connectivity index (χ4v) is 2.98. The standard InChI is InChI=1S/C16H29N3O2/c1-15(2,3)21-14(20)19-10-9-17-13(11-19)18-12-7-6-8-16(12,4)5/h12H,6-11H2,1-5H3,(H,17,18). The highest BCUT2D eigenvalue weighted by molar-refractivity contribution is 5.88. The summed E-state index contributed by atoms with van der Waals surface area (Å²) in [6, 6.07) is 0.454. The van der Waals surface area contributed by atoms with Gasteiger partial charge in [-0.3, -0.25) is 9.89 Å². The highest BCUT2D eigenvalue weighted by Gasteiger charge is 2.35. The molecule has 1 saturated carbocycles. The zero-order valence-corrected chi connectivity index (χ0v) is 14.0. The lowest BCUT2D eigenvalue weighted by molar-refractivity contribution is 0.0275. The summed E-state index contributed by atoms with van der Waals surface area (Å²) in [6.45, 7) is 12.1. The van der Waals surface area contributed by atoms with Gasteiger partial charge in [0.25, 0.3) is 0 Å². The van der Waals surface area contributed by atoms with Crippen molar-refractivity contribution in [2.24, 2.45) is 10.4 Å². The largest absolute Gasteiger partial charge is 0.444 e. The van der Waals surface area contributed by atoms with E-state index in [0.29, 0.717) is 31.1 Å². The van der Waals surface area contributed by atoms with Crippen molar-refractivity contribution in [1.29, 1.82) is 0 Å². The maximum Gasteiger partial charge on any atom is 0.410 e. The van der Waals surface area contributed by atoms with Crippen LogP contribution in [0, 0.1) is 5.41 Å². The number of amides is 1. The molecule has 21 heavy (non-hydrogen) atoms. The van der Waals surface area contributed by atoms with Crippen LogP contribution in [0.4, 0.5) is 4.79 Å². The summed E-state index contributed by atoms with van der Waals surface area (Å²) in [5, 5.41) is 3.56. The molecule has 1 unspecified atom stereocenters. The van der Waals surface area contributed by atoms with E-state index in [1.807, 2.05) is 20.8 Å². The van der Waals surface area contributed by atoms with Gasteiger partial charge in [0.1, 0.15) is 11.4 Å². The minimum atomic E-state index is -0.452. The number of nitrogens with one attached hydrogen (secondary N) is 1. The minimum absolute atomic E-state index is 0.248. The summed E-state index contributed by atoms with van der Waals surface area (Å²) < 4.78 is 5.44. The molecule has 1 atom stereocenters. The molecule has 1 N–H and O–H groups in total. The molecular formula is C16H29N3O2. The molecule has 5 heteroatoms. The van der Waals surface area contributed by atoms with Crippen molar-refractivity contribution in [2.75, 3.05) is 19.6 Å². The normalized spacial score (nSPS) is 25.5.